The summed E-state index contributed by atoms with van der Waals surface area (Å²) in [6.45, 7) is 3.88. The predicted octanol–water partition coefficient (Wildman–Crippen LogP) is -0.224. The lowest BCUT2D eigenvalue weighted by Crippen LogP contribution is -2.47. The van der Waals surface area contributed by atoms with Gasteiger partial charge in [-0.1, -0.05) is 0 Å². The second-order valence-electron chi connectivity index (χ2n) is 5.50. The smallest absolute Gasteiger partial charge is 0.187 e. The summed E-state index contributed by atoms with van der Waals surface area (Å²) >= 11 is 1.17. The Morgan fingerprint density at radius 2 is 1.95 bits per heavy atom. The SMILES string of the molecule is Nc1nsc(N2CCN(CCO)CC2)c1S(=O)(=O)C1CC1. The summed E-state index contributed by atoms with van der Waals surface area (Å²) in [6, 6.07) is 0. The zero-order chi connectivity index (χ0) is 15.0. The molecule has 1 aliphatic heterocycles. The van der Waals surface area contributed by atoms with Gasteiger partial charge in [-0.2, -0.15) is 4.37 Å². The molecule has 118 valence electrons. The van der Waals surface area contributed by atoms with Crippen molar-refractivity contribution in [2.45, 2.75) is 23.0 Å². The minimum absolute atomic E-state index is 0.139. The van der Waals surface area contributed by atoms with Crippen molar-refractivity contribution in [3.05, 3.63) is 0 Å². The number of sulfone groups is 1. The van der Waals surface area contributed by atoms with Gasteiger partial charge in [-0.3, -0.25) is 4.90 Å². The van der Waals surface area contributed by atoms with Crippen LogP contribution in [0.2, 0.25) is 0 Å². The van der Waals surface area contributed by atoms with Crippen LogP contribution in [0.15, 0.2) is 4.90 Å². The molecule has 1 aromatic rings. The van der Waals surface area contributed by atoms with Gasteiger partial charge in [-0.15, -0.1) is 0 Å². The fourth-order valence-corrected chi connectivity index (χ4v) is 5.69. The topological polar surface area (TPSA) is 99.8 Å². The van der Waals surface area contributed by atoms with E-state index in [2.05, 4.69) is 14.2 Å². The molecule has 0 atom stereocenters. The Morgan fingerprint density at radius 1 is 1.29 bits per heavy atom. The third kappa shape index (κ3) is 2.87. The van der Waals surface area contributed by atoms with Gasteiger partial charge in [-0.25, -0.2) is 8.42 Å². The van der Waals surface area contributed by atoms with E-state index in [0.29, 0.717) is 11.5 Å². The van der Waals surface area contributed by atoms with Crippen molar-refractivity contribution in [1.82, 2.24) is 9.27 Å². The lowest BCUT2D eigenvalue weighted by atomic mass is 10.3. The van der Waals surface area contributed by atoms with Gasteiger partial charge in [0.1, 0.15) is 9.90 Å². The van der Waals surface area contributed by atoms with Gasteiger partial charge >= 0.3 is 0 Å². The number of nitrogens with two attached hydrogens (primary N) is 1. The third-order valence-corrected chi connectivity index (χ3v) is 7.35. The van der Waals surface area contributed by atoms with Crippen LogP contribution in [0.3, 0.4) is 0 Å². The van der Waals surface area contributed by atoms with E-state index < -0.39 is 9.84 Å². The molecule has 21 heavy (non-hydrogen) atoms. The average molecular weight is 332 g/mol. The van der Waals surface area contributed by atoms with Crippen LogP contribution in [0, 0.1) is 0 Å². The number of hydrogen-bond acceptors (Lipinski definition) is 8. The number of piperazine rings is 1. The van der Waals surface area contributed by atoms with Crippen molar-refractivity contribution < 1.29 is 13.5 Å². The number of nitrogen functional groups attached to an aromatic ring is 1. The van der Waals surface area contributed by atoms with E-state index in [1.165, 1.54) is 11.5 Å². The largest absolute Gasteiger partial charge is 0.395 e. The van der Waals surface area contributed by atoms with Crippen LogP contribution in [0.5, 0.6) is 0 Å². The molecular formula is C12H20N4O3S2. The molecule has 7 nitrogen and oxygen atoms in total. The van der Waals surface area contributed by atoms with E-state index >= 15 is 0 Å². The molecule has 3 N–H and O–H groups in total. The predicted molar refractivity (Wildman–Crippen MR) is 82.5 cm³/mol. The molecule has 2 fully saturated rings. The Balaban J connectivity index is 1.81. The monoisotopic (exact) mass is 332 g/mol. The van der Waals surface area contributed by atoms with Gasteiger partial charge in [0.15, 0.2) is 15.7 Å². The molecule has 0 amide bonds. The van der Waals surface area contributed by atoms with E-state index in [9.17, 15) is 8.42 Å². The Morgan fingerprint density at radius 3 is 2.52 bits per heavy atom. The molecule has 0 radical (unpaired) electrons. The molecule has 1 aliphatic carbocycles. The maximum atomic E-state index is 12.5. The fraction of sp³-hybridized carbons (Fsp3) is 0.750. The minimum Gasteiger partial charge on any atom is -0.395 e. The first-order chi connectivity index (χ1) is 10.0. The standard InChI is InChI=1S/C12H20N4O3S2/c13-11-10(21(18,19)9-1-2-9)12(20-14-11)16-5-3-15(4-6-16)7-8-17/h9,17H,1-8H2,(H2,13,14). The first-order valence-electron chi connectivity index (χ1n) is 7.11. The van der Waals surface area contributed by atoms with Crippen LogP contribution >= 0.6 is 11.5 Å². The normalized spacial score (nSPS) is 20.9. The number of nitrogens with zero attached hydrogens (tertiary/aromatic N) is 3. The molecule has 2 heterocycles. The zero-order valence-corrected chi connectivity index (χ0v) is 13.4. The van der Waals surface area contributed by atoms with Crippen molar-refractivity contribution in [2.24, 2.45) is 0 Å². The van der Waals surface area contributed by atoms with Crippen LogP contribution in [-0.2, 0) is 9.84 Å². The number of rotatable bonds is 5. The van der Waals surface area contributed by atoms with Crippen LogP contribution in [0.4, 0.5) is 10.8 Å². The maximum Gasteiger partial charge on any atom is 0.187 e. The van der Waals surface area contributed by atoms with E-state index in [1.54, 1.807) is 0 Å². The van der Waals surface area contributed by atoms with Gasteiger partial charge < -0.3 is 15.7 Å². The fourth-order valence-electron chi connectivity index (χ4n) is 2.61. The molecule has 0 bridgehead atoms. The first-order valence-corrected chi connectivity index (χ1v) is 9.43. The van der Waals surface area contributed by atoms with Crippen molar-refractivity contribution >= 4 is 32.2 Å². The molecular weight excluding hydrogens is 312 g/mol. The molecule has 3 rings (SSSR count). The second kappa shape index (κ2) is 5.71. The molecule has 1 saturated carbocycles. The van der Waals surface area contributed by atoms with Gasteiger partial charge in [0, 0.05) is 32.7 Å². The lowest BCUT2D eigenvalue weighted by Gasteiger charge is -2.35. The molecule has 9 heteroatoms. The molecule has 0 spiro atoms. The van der Waals surface area contributed by atoms with Crippen LogP contribution < -0.4 is 10.6 Å². The number of anilines is 2. The number of β-amino-alcohol motifs (C(OH)–C–C–N with tert-alkyl or cyclic N) is 1. The highest BCUT2D eigenvalue weighted by Gasteiger charge is 2.41. The highest BCUT2D eigenvalue weighted by atomic mass is 32.2. The van der Waals surface area contributed by atoms with Gasteiger partial charge in [0.2, 0.25) is 0 Å². The van der Waals surface area contributed by atoms with E-state index in [4.69, 9.17) is 10.8 Å². The van der Waals surface area contributed by atoms with Gasteiger partial charge in [0.05, 0.1) is 11.9 Å². The zero-order valence-electron chi connectivity index (χ0n) is 11.7. The average Bonchev–Trinajstić information content (AvgIpc) is 3.24. The van der Waals surface area contributed by atoms with Crippen molar-refractivity contribution in [1.29, 1.82) is 0 Å². The van der Waals surface area contributed by atoms with Gasteiger partial charge in [-0.05, 0) is 24.4 Å². The summed E-state index contributed by atoms with van der Waals surface area (Å²) in [6.07, 6.45) is 1.45. The Kier molecular flexibility index (Phi) is 4.08. The Bertz CT molecular complexity index is 604. The third-order valence-electron chi connectivity index (χ3n) is 3.98. The summed E-state index contributed by atoms with van der Waals surface area (Å²) < 4.78 is 29.1. The van der Waals surface area contributed by atoms with Crippen LogP contribution in [0.1, 0.15) is 12.8 Å². The molecule has 1 saturated heterocycles. The second-order valence-corrected chi connectivity index (χ2v) is 8.42. The number of aliphatic hydroxyl groups is 1. The highest BCUT2D eigenvalue weighted by molar-refractivity contribution is 7.92. The Labute approximate surface area is 128 Å². The summed E-state index contributed by atoms with van der Waals surface area (Å²) in [5.74, 6) is 0.139. The molecule has 0 unspecified atom stereocenters. The first kappa shape index (κ1) is 15.0. The minimum atomic E-state index is -3.33. The molecule has 0 aromatic carbocycles. The van der Waals surface area contributed by atoms with Crippen molar-refractivity contribution in [3.63, 3.8) is 0 Å². The van der Waals surface area contributed by atoms with E-state index in [-0.39, 0.29) is 22.6 Å². The number of aromatic nitrogens is 1. The van der Waals surface area contributed by atoms with Crippen LogP contribution in [0.25, 0.3) is 0 Å². The summed E-state index contributed by atoms with van der Waals surface area (Å²) in [7, 11) is -3.33. The summed E-state index contributed by atoms with van der Waals surface area (Å²) in [5.41, 5.74) is 5.82. The van der Waals surface area contributed by atoms with E-state index in [1.807, 2.05) is 0 Å². The molecule has 2 aliphatic rings. The number of hydrogen-bond donors (Lipinski definition) is 2. The maximum absolute atomic E-state index is 12.5. The van der Waals surface area contributed by atoms with E-state index in [0.717, 1.165) is 39.0 Å². The highest BCUT2D eigenvalue weighted by Crippen LogP contribution is 2.42. The summed E-state index contributed by atoms with van der Waals surface area (Å²) in [4.78, 5) is 4.46. The lowest BCUT2D eigenvalue weighted by molar-refractivity contribution is 0.189. The molecule has 1 aromatic heterocycles. The van der Waals surface area contributed by atoms with Crippen LogP contribution in [-0.4, -0.2) is 67.4 Å². The Hall–Kier alpha value is -0.900. The van der Waals surface area contributed by atoms with Gasteiger partial charge in [0.25, 0.3) is 0 Å². The van der Waals surface area contributed by atoms with Crippen molar-refractivity contribution in [3.8, 4) is 0 Å². The quantitative estimate of drug-likeness (QED) is 0.768. The van der Waals surface area contributed by atoms with Crippen molar-refractivity contribution in [2.75, 3.05) is 50.0 Å². The number of aliphatic hydroxyl groups excluding tert-OH is 1. The summed E-state index contributed by atoms with van der Waals surface area (Å²) in [5, 5.41) is 9.38.